The van der Waals surface area contributed by atoms with Gasteiger partial charge in [-0.05, 0) is 37.0 Å². The minimum atomic E-state index is 0.424. The summed E-state index contributed by atoms with van der Waals surface area (Å²) in [5, 5.41) is 0.424. The van der Waals surface area contributed by atoms with Gasteiger partial charge in [0, 0.05) is 5.38 Å². The fourth-order valence-electron chi connectivity index (χ4n) is 2.77. The van der Waals surface area contributed by atoms with E-state index in [1.165, 1.54) is 25.7 Å². The molecule has 0 aliphatic heterocycles. The molecule has 3 atom stereocenters. The lowest BCUT2D eigenvalue weighted by Crippen LogP contribution is -2.30. The minimum absolute atomic E-state index is 0.424. The van der Waals surface area contributed by atoms with Crippen molar-refractivity contribution in [3.8, 4) is 0 Å². The second kappa shape index (κ2) is 5.24. The Labute approximate surface area is 88.1 Å². The van der Waals surface area contributed by atoms with Crippen LogP contribution in [-0.2, 0) is 0 Å². The maximum atomic E-state index is 6.38. The normalized spacial score (nSPS) is 32.1. The number of halogens is 1. The molecule has 0 aromatic carbocycles. The van der Waals surface area contributed by atoms with Crippen LogP contribution in [0.1, 0.15) is 52.9 Å². The molecule has 1 aliphatic carbocycles. The summed E-state index contributed by atoms with van der Waals surface area (Å²) < 4.78 is 0. The van der Waals surface area contributed by atoms with E-state index in [-0.39, 0.29) is 0 Å². The van der Waals surface area contributed by atoms with Gasteiger partial charge in [0.15, 0.2) is 0 Å². The van der Waals surface area contributed by atoms with Gasteiger partial charge in [0.2, 0.25) is 0 Å². The van der Waals surface area contributed by atoms with Gasteiger partial charge in [-0.2, -0.15) is 0 Å². The van der Waals surface area contributed by atoms with Gasteiger partial charge in [-0.25, -0.2) is 0 Å². The van der Waals surface area contributed by atoms with Gasteiger partial charge in [-0.1, -0.05) is 33.6 Å². The molecule has 0 aromatic heterocycles. The first-order valence-electron chi connectivity index (χ1n) is 5.80. The monoisotopic (exact) mass is 202 g/mol. The van der Waals surface area contributed by atoms with Crippen molar-refractivity contribution in [2.24, 2.45) is 17.8 Å². The molecule has 0 saturated heterocycles. The molecule has 0 nitrogen and oxygen atoms in total. The summed E-state index contributed by atoms with van der Waals surface area (Å²) in [7, 11) is 0. The molecule has 1 heteroatoms. The zero-order valence-corrected chi connectivity index (χ0v) is 9.98. The van der Waals surface area contributed by atoms with Crippen molar-refractivity contribution >= 4 is 11.6 Å². The van der Waals surface area contributed by atoms with Crippen molar-refractivity contribution in [1.29, 1.82) is 0 Å². The van der Waals surface area contributed by atoms with Crippen LogP contribution in [0, 0.1) is 17.8 Å². The van der Waals surface area contributed by atoms with Crippen molar-refractivity contribution in [3.63, 3.8) is 0 Å². The lowest BCUT2D eigenvalue weighted by Gasteiger charge is -2.36. The zero-order valence-electron chi connectivity index (χ0n) is 9.22. The molecule has 0 heterocycles. The average Bonchev–Trinajstić information content (AvgIpc) is 2.16. The van der Waals surface area contributed by atoms with Crippen molar-refractivity contribution in [2.75, 3.05) is 0 Å². The summed E-state index contributed by atoms with van der Waals surface area (Å²) >= 11 is 6.38. The van der Waals surface area contributed by atoms with Crippen molar-refractivity contribution < 1.29 is 0 Å². The Kier molecular flexibility index (Phi) is 4.58. The SMILES string of the molecule is CCC(Cl)C1CCCCC1C(C)C. The lowest BCUT2D eigenvalue weighted by atomic mass is 9.71. The molecule has 0 amide bonds. The van der Waals surface area contributed by atoms with E-state index in [9.17, 15) is 0 Å². The summed E-state index contributed by atoms with van der Waals surface area (Å²) in [5.41, 5.74) is 0. The molecular weight excluding hydrogens is 180 g/mol. The Balaban J connectivity index is 2.56. The summed E-state index contributed by atoms with van der Waals surface area (Å²) in [6.07, 6.45) is 6.73. The predicted octanol–water partition coefficient (Wildman–Crippen LogP) is 4.47. The first kappa shape index (κ1) is 11.4. The van der Waals surface area contributed by atoms with E-state index >= 15 is 0 Å². The van der Waals surface area contributed by atoms with Crippen molar-refractivity contribution in [1.82, 2.24) is 0 Å². The highest BCUT2D eigenvalue weighted by Gasteiger charge is 2.31. The molecule has 0 N–H and O–H groups in total. The highest BCUT2D eigenvalue weighted by Crippen LogP contribution is 2.39. The van der Waals surface area contributed by atoms with Crippen LogP contribution in [0.15, 0.2) is 0 Å². The molecule has 0 spiro atoms. The van der Waals surface area contributed by atoms with Crippen LogP contribution in [0.4, 0.5) is 0 Å². The lowest BCUT2D eigenvalue weighted by molar-refractivity contribution is 0.173. The van der Waals surface area contributed by atoms with Crippen LogP contribution in [-0.4, -0.2) is 5.38 Å². The van der Waals surface area contributed by atoms with Gasteiger partial charge in [0.25, 0.3) is 0 Å². The van der Waals surface area contributed by atoms with Gasteiger partial charge in [0.1, 0.15) is 0 Å². The van der Waals surface area contributed by atoms with Crippen LogP contribution >= 0.6 is 11.6 Å². The topological polar surface area (TPSA) is 0 Å². The molecule has 13 heavy (non-hydrogen) atoms. The number of hydrogen-bond acceptors (Lipinski definition) is 0. The van der Waals surface area contributed by atoms with Crippen LogP contribution < -0.4 is 0 Å². The Morgan fingerprint density at radius 3 is 2.15 bits per heavy atom. The van der Waals surface area contributed by atoms with Gasteiger partial charge in [0.05, 0.1) is 0 Å². The van der Waals surface area contributed by atoms with E-state index in [1.807, 2.05) is 0 Å². The molecule has 3 unspecified atom stereocenters. The number of alkyl halides is 1. The molecule has 78 valence electrons. The third-order valence-corrected chi connectivity index (χ3v) is 4.22. The predicted molar refractivity (Wildman–Crippen MR) is 60.2 cm³/mol. The Hall–Kier alpha value is 0.290. The van der Waals surface area contributed by atoms with Crippen LogP contribution in [0.25, 0.3) is 0 Å². The molecule has 1 rings (SSSR count). The highest BCUT2D eigenvalue weighted by atomic mass is 35.5. The van der Waals surface area contributed by atoms with E-state index in [2.05, 4.69) is 20.8 Å². The van der Waals surface area contributed by atoms with Crippen LogP contribution in [0.3, 0.4) is 0 Å². The Bertz CT molecular complexity index is 142. The maximum Gasteiger partial charge on any atom is 0.0364 e. The van der Waals surface area contributed by atoms with Gasteiger partial charge >= 0.3 is 0 Å². The van der Waals surface area contributed by atoms with Crippen LogP contribution in [0.5, 0.6) is 0 Å². The number of rotatable bonds is 3. The largest absolute Gasteiger partial charge is 0.123 e. The Morgan fingerprint density at radius 2 is 1.69 bits per heavy atom. The first-order valence-corrected chi connectivity index (χ1v) is 6.24. The van der Waals surface area contributed by atoms with Crippen molar-refractivity contribution in [2.45, 2.75) is 58.3 Å². The molecular formula is C12H23Cl. The second-order valence-corrected chi connectivity index (χ2v) is 5.34. The van der Waals surface area contributed by atoms with E-state index in [1.54, 1.807) is 0 Å². The van der Waals surface area contributed by atoms with Crippen LogP contribution in [0.2, 0.25) is 0 Å². The first-order chi connectivity index (χ1) is 6.16. The quantitative estimate of drug-likeness (QED) is 0.593. The maximum absolute atomic E-state index is 6.38. The van der Waals surface area contributed by atoms with Gasteiger partial charge in [-0.3, -0.25) is 0 Å². The standard InChI is InChI=1S/C12H23Cl/c1-4-12(13)11-8-6-5-7-10(11)9(2)3/h9-12H,4-8H2,1-3H3. The fourth-order valence-corrected chi connectivity index (χ4v) is 3.08. The fraction of sp³-hybridized carbons (Fsp3) is 1.00. The third kappa shape index (κ3) is 2.87. The van der Waals surface area contributed by atoms with E-state index in [4.69, 9.17) is 11.6 Å². The average molecular weight is 203 g/mol. The molecule has 0 aromatic rings. The summed E-state index contributed by atoms with van der Waals surface area (Å²) in [6.45, 7) is 6.91. The number of hydrogen-bond donors (Lipinski definition) is 0. The third-order valence-electron chi connectivity index (χ3n) is 3.59. The molecule has 1 aliphatic rings. The molecule has 0 bridgehead atoms. The Morgan fingerprint density at radius 1 is 1.15 bits per heavy atom. The van der Waals surface area contributed by atoms with E-state index < -0.39 is 0 Å². The molecule has 1 saturated carbocycles. The second-order valence-electron chi connectivity index (χ2n) is 4.78. The molecule has 1 fully saturated rings. The minimum Gasteiger partial charge on any atom is -0.123 e. The summed E-state index contributed by atoms with van der Waals surface area (Å²) in [6, 6.07) is 0. The summed E-state index contributed by atoms with van der Waals surface area (Å²) in [5.74, 6) is 2.50. The van der Waals surface area contributed by atoms with E-state index in [0.717, 1.165) is 24.2 Å². The molecule has 0 radical (unpaired) electrons. The highest BCUT2D eigenvalue weighted by molar-refractivity contribution is 6.20. The van der Waals surface area contributed by atoms with Crippen molar-refractivity contribution in [3.05, 3.63) is 0 Å². The van der Waals surface area contributed by atoms with E-state index in [0.29, 0.717) is 5.38 Å². The smallest absolute Gasteiger partial charge is 0.0364 e. The van der Waals surface area contributed by atoms with Gasteiger partial charge in [-0.15, -0.1) is 11.6 Å². The summed E-state index contributed by atoms with van der Waals surface area (Å²) in [4.78, 5) is 0. The zero-order chi connectivity index (χ0) is 9.84. The van der Waals surface area contributed by atoms with Gasteiger partial charge < -0.3 is 0 Å².